The Morgan fingerprint density at radius 2 is 1.95 bits per heavy atom. The zero-order valence-electron chi connectivity index (χ0n) is 12.1. The molecule has 0 aliphatic carbocycles. The average molecular weight is 259 g/mol. The van der Waals surface area contributed by atoms with Gasteiger partial charge < -0.3 is 4.74 Å². The molecular weight excluding hydrogens is 238 g/mol. The molecule has 3 nitrogen and oxygen atoms in total. The monoisotopic (exact) mass is 259 g/mol. The van der Waals surface area contributed by atoms with Crippen LogP contribution in [0.4, 0.5) is 0 Å². The lowest BCUT2D eigenvalue weighted by Gasteiger charge is -2.20. The van der Waals surface area contributed by atoms with Gasteiger partial charge in [-0.2, -0.15) is 5.26 Å². The van der Waals surface area contributed by atoms with Gasteiger partial charge in [-0.3, -0.25) is 0 Å². The van der Waals surface area contributed by atoms with Crippen LogP contribution >= 0.6 is 0 Å². The van der Waals surface area contributed by atoms with Gasteiger partial charge in [-0.1, -0.05) is 38.1 Å². The van der Waals surface area contributed by atoms with E-state index in [4.69, 9.17) is 4.74 Å². The van der Waals surface area contributed by atoms with E-state index >= 15 is 0 Å². The van der Waals surface area contributed by atoms with Crippen molar-refractivity contribution in [1.29, 1.82) is 5.26 Å². The molecule has 0 saturated carbocycles. The summed E-state index contributed by atoms with van der Waals surface area (Å²) in [7, 11) is 0. The van der Waals surface area contributed by atoms with Crippen molar-refractivity contribution >= 4 is 5.97 Å². The zero-order chi connectivity index (χ0) is 14.5. The fourth-order valence-corrected chi connectivity index (χ4v) is 1.95. The van der Waals surface area contributed by atoms with Crippen molar-refractivity contribution in [1.82, 2.24) is 0 Å². The van der Waals surface area contributed by atoms with E-state index in [1.54, 1.807) is 13.8 Å². The number of rotatable bonds is 5. The van der Waals surface area contributed by atoms with E-state index < -0.39 is 11.4 Å². The van der Waals surface area contributed by atoms with E-state index in [2.05, 4.69) is 19.9 Å². The summed E-state index contributed by atoms with van der Waals surface area (Å²) in [6.07, 6.45) is 0.989. The summed E-state index contributed by atoms with van der Waals surface area (Å²) in [6, 6.07) is 9.71. The first-order valence-electron chi connectivity index (χ1n) is 6.62. The Morgan fingerprint density at radius 3 is 2.37 bits per heavy atom. The Balaban J connectivity index is 3.00. The number of ether oxygens (including phenoxy) is 1. The molecule has 0 N–H and O–H groups in total. The molecule has 0 aliphatic heterocycles. The van der Waals surface area contributed by atoms with E-state index in [9.17, 15) is 10.1 Å². The van der Waals surface area contributed by atoms with Crippen LogP contribution < -0.4 is 0 Å². The molecule has 0 bridgehead atoms. The minimum Gasteiger partial charge on any atom is -0.465 e. The van der Waals surface area contributed by atoms with E-state index in [0.29, 0.717) is 11.5 Å². The van der Waals surface area contributed by atoms with Crippen LogP contribution in [-0.2, 0) is 21.4 Å². The minimum absolute atomic E-state index is 0.279. The van der Waals surface area contributed by atoms with Gasteiger partial charge in [0.15, 0.2) is 5.41 Å². The molecule has 0 saturated heterocycles. The van der Waals surface area contributed by atoms with Crippen molar-refractivity contribution in [2.24, 2.45) is 5.92 Å². The first-order chi connectivity index (χ1) is 8.93. The molecular formula is C16H21NO2. The maximum absolute atomic E-state index is 11.9. The number of nitrogens with zero attached hydrogens (tertiary/aromatic N) is 1. The van der Waals surface area contributed by atoms with Gasteiger partial charge in [0, 0.05) is 0 Å². The highest BCUT2D eigenvalue weighted by Crippen LogP contribution is 2.25. The van der Waals surface area contributed by atoms with Gasteiger partial charge >= 0.3 is 5.97 Å². The van der Waals surface area contributed by atoms with Gasteiger partial charge in [-0.05, 0) is 37.3 Å². The average Bonchev–Trinajstić information content (AvgIpc) is 2.38. The molecule has 0 aromatic heterocycles. The molecule has 1 aromatic rings. The molecule has 1 aromatic carbocycles. The molecule has 0 fully saturated rings. The molecule has 0 amide bonds. The topological polar surface area (TPSA) is 50.1 Å². The second-order valence-electron chi connectivity index (χ2n) is 5.25. The predicted octanol–water partition coefficient (Wildman–Crippen LogP) is 3.23. The zero-order valence-corrected chi connectivity index (χ0v) is 12.1. The summed E-state index contributed by atoms with van der Waals surface area (Å²) < 4.78 is 4.99. The molecule has 0 heterocycles. The van der Waals surface area contributed by atoms with Crippen LogP contribution in [0.1, 0.15) is 38.8 Å². The number of carbonyl (C=O) groups excluding carboxylic acids is 1. The first-order valence-corrected chi connectivity index (χ1v) is 6.62. The lowest BCUT2D eigenvalue weighted by atomic mass is 9.83. The van der Waals surface area contributed by atoms with Gasteiger partial charge in [0.25, 0.3) is 0 Å². The third-order valence-corrected chi connectivity index (χ3v) is 3.08. The standard InChI is InChI=1S/C16H21NO2/c1-5-19-15(18)16(4,11-17)14-8-6-13(7-9-14)10-12(2)3/h6-9,12H,5,10H2,1-4H3. The highest BCUT2D eigenvalue weighted by Gasteiger charge is 2.37. The Bertz CT molecular complexity index is 471. The lowest BCUT2D eigenvalue weighted by molar-refractivity contribution is -0.147. The molecule has 0 radical (unpaired) electrons. The Morgan fingerprint density at radius 1 is 1.37 bits per heavy atom. The Labute approximate surface area is 115 Å². The summed E-state index contributed by atoms with van der Waals surface area (Å²) in [6.45, 7) is 7.93. The smallest absolute Gasteiger partial charge is 0.330 e. The molecule has 0 aliphatic rings. The molecule has 3 heteroatoms. The number of hydrogen-bond acceptors (Lipinski definition) is 3. The van der Waals surface area contributed by atoms with E-state index in [-0.39, 0.29) is 6.61 Å². The lowest BCUT2D eigenvalue weighted by Crippen LogP contribution is -2.32. The largest absolute Gasteiger partial charge is 0.465 e. The van der Waals surface area contributed by atoms with E-state index in [1.807, 2.05) is 24.3 Å². The quantitative estimate of drug-likeness (QED) is 0.763. The molecule has 19 heavy (non-hydrogen) atoms. The van der Waals surface area contributed by atoms with E-state index in [0.717, 1.165) is 6.42 Å². The van der Waals surface area contributed by atoms with Gasteiger partial charge in [0.05, 0.1) is 12.7 Å². The number of esters is 1. The number of nitriles is 1. The van der Waals surface area contributed by atoms with E-state index in [1.165, 1.54) is 5.56 Å². The fourth-order valence-electron chi connectivity index (χ4n) is 1.95. The van der Waals surface area contributed by atoms with Crippen LogP contribution in [0, 0.1) is 17.2 Å². The summed E-state index contributed by atoms with van der Waals surface area (Å²) in [5, 5.41) is 9.30. The first kappa shape index (κ1) is 15.2. The van der Waals surface area contributed by atoms with Gasteiger partial charge in [-0.15, -0.1) is 0 Å². The summed E-state index contributed by atoms with van der Waals surface area (Å²) in [4.78, 5) is 11.9. The van der Waals surface area contributed by atoms with Gasteiger partial charge in [-0.25, -0.2) is 4.79 Å². The van der Waals surface area contributed by atoms with Gasteiger partial charge in [0.2, 0.25) is 0 Å². The van der Waals surface area contributed by atoms with Crippen LogP contribution in [0.25, 0.3) is 0 Å². The Hall–Kier alpha value is -1.82. The molecule has 0 spiro atoms. The third kappa shape index (κ3) is 3.57. The second-order valence-corrected chi connectivity index (χ2v) is 5.25. The highest BCUT2D eigenvalue weighted by molar-refractivity contribution is 5.86. The maximum atomic E-state index is 11.9. The van der Waals surface area contributed by atoms with Crippen molar-refractivity contribution in [2.75, 3.05) is 6.61 Å². The summed E-state index contributed by atoms with van der Waals surface area (Å²) in [5.41, 5.74) is 0.663. The molecule has 1 atom stereocenters. The van der Waals surface area contributed by atoms with Crippen LogP contribution in [0.5, 0.6) is 0 Å². The molecule has 1 unspecified atom stereocenters. The van der Waals surface area contributed by atoms with Crippen molar-refractivity contribution in [3.63, 3.8) is 0 Å². The predicted molar refractivity (Wildman–Crippen MR) is 74.6 cm³/mol. The Kier molecular flexibility index (Phi) is 5.11. The molecule has 1 rings (SSSR count). The summed E-state index contributed by atoms with van der Waals surface area (Å²) in [5.74, 6) is 0.0902. The van der Waals surface area contributed by atoms with Crippen LogP contribution in [0.2, 0.25) is 0 Å². The van der Waals surface area contributed by atoms with Crippen LogP contribution in [-0.4, -0.2) is 12.6 Å². The number of hydrogen-bond donors (Lipinski definition) is 0. The summed E-state index contributed by atoms with van der Waals surface area (Å²) >= 11 is 0. The van der Waals surface area contributed by atoms with Crippen LogP contribution in [0.3, 0.4) is 0 Å². The van der Waals surface area contributed by atoms with Crippen LogP contribution in [0.15, 0.2) is 24.3 Å². The van der Waals surface area contributed by atoms with Crippen molar-refractivity contribution in [3.05, 3.63) is 35.4 Å². The SMILES string of the molecule is CCOC(=O)C(C)(C#N)c1ccc(CC(C)C)cc1. The number of benzene rings is 1. The second kappa shape index (κ2) is 6.38. The van der Waals surface area contributed by atoms with Crippen molar-refractivity contribution in [2.45, 2.75) is 39.5 Å². The van der Waals surface area contributed by atoms with Gasteiger partial charge in [0.1, 0.15) is 0 Å². The minimum atomic E-state index is -1.23. The fraction of sp³-hybridized carbons (Fsp3) is 0.500. The molecule has 102 valence electrons. The van der Waals surface area contributed by atoms with Crippen molar-refractivity contribution in [3.8, 4) is 6.07 Å². The van der Waals surface area contributed by atoms with Crippen molar-refractivity contribution < 1.29 is 9.53 Å². The highest BCUT2D eigenvalue weighted by atomic mass is 16.5. The third-order valence-electron chi connectivity index (χ3n) is 3.08. The number of carbonyl (C=O) groups is 1. The normalized spacial score (nSPS) is 13.7. The maximum Gasteiger partial charge on any atom is 0.330 e.